The number of piperazine rings is 1. The molecule has 2 rings (SSSR count). The van der Waals surface area contributed by atoms with Crippen molar-refractivity contribution >= 4 is 0 Å². The summed E-state index contributed by atoms with van der Waals surface area (Å²) in [4.78, 5) is 2.79. The van der Waals surface area contributed by atoms with Crippen molar-refractivity contribution in [2.24, 2.45) is 5.92 Å². The summed E-state index contributed by atoms with van der Waals surface area (Å²) >= 11 is 0. The van der Waals surface area contributed by atoms with Gasteiger partial charge < -0.3 is 5.32 Å². The van der Waals surface area contributed by atoms with Crippen molar-refractivity contribution in [2.45, 2.75) is 65.1 Å². The zero-order valence-electron chi connectivity index (χ0n) is 14.2. The summed E-state index contributed by atoms with van der Waals surface area (Å²) in [6, 6.07) is 12.9. The van der Waals surface area contributed by atoms with Gasteiger partial charge in [0.25, 0.3) is 0 Å². The maximum absolute atomic E-state index is 3.79. The van der Waals surface area contributed by atoms with Crippen molar-refractivity contribution in [1.82, 2.24) is 10.2 Å². The van der Waals surface area contributed by atoms with Gasteiger partial charge in [0.05, 0.1) is 0 Å². The maximum Gasteiger partial charge on any atom is 0.0247 e. The van der Waals surface area contributed by atoms with Gasteiger partial charge >= 0.3 is 0 Å². The minimum Gasteiger partial charge on any atom is -0.311 e. The molecule has 0 aliphatic carbocycles. The summed E-state index contributed by atoms with van der Waals surface area (Å²) in [5, 5.41) is 3.79. The molecule has 0 radical (unpaired) electrons. The topological polar surface area (TPSA) is 15.3 Å². The fourth-order valence-electron chi connectivity index (χ4n) is 3.69. The number of nitrogens with one attached hydrogen (secondary N) is 1. The van der Waals surface area contributed by atoms with Crippen molar-refractivity contribution in [3.63, 3.8) is 0 Å². The third-order valence-corrected chi connectivity index (χ3v) is 4.98. The Morgan fingerprint density at radius 3 is 2.38 bits per heavy atom. The molecule has 1 aliphatic heterocycles. The molecule has 2 atom stereocenters. The first-order valence-electron chi connectivity index (χ1n) is 8.68. The van der Waals surface area contributed by atoms with Crippen LogP contribution in [0.5, 0.6) is 0 Å². The standard InChI is InChI=1S/C19H32N2/c1-5-18(6-2)21-14-17(20-13-19(21)15(3)4)12-16-10-8-7-9-11-16/h7-11,15,17-20H,5-6,12-14H2,1-4H3. The second-order valence-corrected chi connectivity index (χ2v) is 6.77. The van der Waals surface area contributed by atoms with E-state index in [9.17, 15) is 0 Å². The van der Waals surface area contributed by atoms with Gasteiger partial charge in [-0.1, -0.05) is 58.0 Å². The fourth-order valence-corrected chi connectivity index (χ4v) is 3.69. The van der Waals surface area contributed by atoms with E-state index >= 15 is 0 Å². The molecule has 1 saturated heterocycles. The lowest BCUT2D eigenvalue weighted by atomic mass is 9.93. The third-order valence-electron chi connectivity index (χ3n) is 4.98. The van der Waals surface area contributed by atoms with Gasteiger partial charge in [-0.15, -0.1) is 0 Å². The molecule has 2 heteroatoms. The summed E-state index contributed by atoms with van der Waals surface area (Å²) in [5.74, 6) is 0.718. The van der Waals surface area contributed by atoms with Crippen LogP contribution in [0.1, 0.15) is 46.1 Å². The smallest absolute Gasteiger partial charge is 0.0247 e. The SMILES string of the molecule is CCC(CC)N1CC(Cc2ccccc2)NCC1C(C)C. The van der Waals surface area contributed by atoms with Crippen LogP contribution in [-0.4, -0.2) is 36.1 Å². The lowest BCUT2D eigenvalue weighted by molar-refractivity contribution is 0.0517. The summed E-state index contributed by atoms with van der Waals surface area (Å²) in [5.41, 5.74) is 1.45. The first kappa shape index (κ1) is 16.5. The second kappa shape index (κ2) is 7.95. The Labute approximate surface area is 130 Å². The Morgan fingerprint density at radius 2 is 1.81 bits per heavy atom. The number of rotatable bonds is 6. The quantitative estimate of drug-likeness (QED) is 0.858. The van der Waals surface area contributed by atoms with Crippen LogP contribution in [0.3, 0.4) is 0 Å². The van der Waals surface area contributed by atoms with Gasteiger partial charge in [-0.25, -0.2) is 0 Å². The summed E-state index contributed by atoms with van der Waals surface area (Å²) in [6.45, 7) is 11.7. The minimum atomic E-state index is 0.586. The van der Waals surface area contributed by atoms with E-state index in [1.165, 1.54) is 24.9 Å². The molecule has 1 aliphatic rings. The molecule has 0 spiro atoms. The zero-order valence-corrected chi connectivity index (χ0v) is 14.2. The number of hydrogen-bond donors (Lipinski definition) is 1. The molecule has 1 aromatic rings. The molecule has 118 valence electrons. The van der Waals surface area contributed by atoms with Crippen LogP contribution in [0, 0.1) is 5.92 Å². The monoisotopic (exact) mass is 288 g/mol. The Kier molecular flexibility index (Phi) is 6.25. The van der Waals surface area contributed by atoms with Gasteiger partial charge in [0.15, 0.2) is 0 Å². The average Bonchev–Trinajstić information content (AvgIpc) is 2.49. The highest BCUT2D eigenvalue weighted by Gasteiger charge is 2.32. The zero-order chi connectivity index (χ0) is 15.2. The Bertz CT molecular complexity index is 397. The summed E-state index contributed by atoms with van der Waals surface area (Å²) < 4.78 is 0. The normalized spacial score (nSPS) is 23.9. The van der Waals surface area contributed by atoms with E-state index in [0.717, 1.165) is 24.9 Å². The van der Waals surface area contributed by atoms with E-state index in [4.69, 9.17) is 0 Å². The van der Waals surface area contributed by atoms with Gasteiger partial charge in [-0.3, -0.25) is 4.90 Å². The maximum atomic E-state index is 3.79. The molecule has 1 fully saturated rings. The average molecular weight is 288 g/mol. The molecule has 0 aromatic heterocycles. The van der Waals surface area contributed by atoms with Gasteiger partial charge in [0.1, 0.15) is 0 Å². The number of nitrogens with zero attached hydrogens (tertiary/aromatic N) is 1. The highest BCUT2D eigenvalue weighted by molar-refractivity contribution is 5.16. The van der Waals surface area contributed by atoms with Crippen LogP contribution in [0.25, 0.3) is 0 Å². The molecular weight excluding hydrogens is 256 g/mol. The molecule has 0 saturated carbocycles. The van der Waals surface area contributed by atoms with Gasteiger partial charge in [0, 0.05) is 31.2 Å². The summed E-state index contributed by atoms with van der Waals surface area (Å²) in [7, 11) is 0. The minimum absolute atomic E-state index is 0.586. The van der Waals surface area contributed by atoms with E-state index in [2.05, 4.69) is 68.2 Å². The van der Waals surface area contributed by atoms with Crippen LogP contribution in [-0.2, 0) is 6.42 Å². The molecule has 0 bridgehead atoms. The Morgan fingerprint density at radius 1 is 1.14 bits per heavy atom. The lowest BCUT2D eigenvalue weighted by Crippen LogP contribution is -2.61. The highest BCUT2D eigenvalue weighted by Crippen LogP contribution is 2.22. The number of benzene rings is 1. The van der Waals surface area contributed by atoms with E-state index in [-0.39, 0.29) is 0 Å². The van der Waals surface area contributed by atoms with E-state index in [1.54, 1.807) is 0 Å². The van der Waals surface area contributed by atoms with E-state index in [0.29, 0.717) is 12.1 Å². The molecule has 1 N–H and O–H groups in total. The Balaban J connectivity index is 2.04. The van der Waals surface area contributed by atoms with Crippen LogP contribution >= 0.6 is 0 Å². The Hall–Kier alpha value is -0.860. The van der Waals surface area contributed by atoms with Crippen molar-refractivity contribution in [3.8, 4) is 0 Å². The lowest BCUT2D eigenvalue weighted by Gasteiger charge is -2.46. The predicted octanol–water partition coefficient (Wildman–Crippen LogP) is 3.72. The van der Waals surface area contributed by atoms with Crippen LogP contribution < -0.4 is 5.32 Å². The highest BCUT2D eigenvalue weighted by atomic mass is 15.3. The third kappa shape index (κ3) is 4.31. The number of hydrogen-bond acceptors (Lipinski definition) is 2. The van der Waals surface area contributed by atoms with Crippen molar-refractivity contribution < 1.29 is 0 Å². The molecular formula is C19H32N2. The van der Waals surface area contributed by atoms with Gasteiger partial charge in [-0.2, -0.15) is 0 Å². The largest absolute Gasteiger partial charge is 0.311 e. The van der Waals surface area contributed by atoms with Gasteiger partial charge in [-0.05, 0) is 30.7 Å². The van der Waals surface area contributed by atoms with Crippen LogP contribution in [0.4, 0.5) is 0 Å². The first-order valence-corrected chi connectivity index (χ1v) is 8.68. The van der Waals surface area contributed by atoms with Crippen molar-refractivity contribution in [3.05, 3.63) is 35.9 Å². The molecule has 2 unspecified atom stereocenters. The fraction of sp³-hybridized carbons (Fsp3) is 0.684. The van der Waals surface area contributed by atoms with Crippen molar-refractivity contribution in [1.29, 1.82) is 0 Å². The van der Waals surface area contributed by atoms with Crippen LogP contribution in [0.2, 0.25) is 0 Å². The molecule has 1 heterocycles. The summed E-state index contributed by atoms with van der Waals surface area (Å²) in [6.07, 6.45) is 3.66. The molecule has 1 aromatic carbocycles. The van der Waals surface area contributed by atoms with Gasteiger partial charge in [0.2, 0.25) is 0 Å². The van der Waals surface area contributed by atoms with E-state index in [1.807, 2.05) is 0 Å². The molecule has 21 heavy (non-hydrogen) atoms. The second-order valence-electron chi connectivity index (χ2n) is 6.77. The molecule has 2 nitrogen and oxygen atoms in total. The van der Waals surface area contributed by atoms with E-state index < -0.39 is 0 Å². The molecule has 0 amide bonds. The van der Waals surface area contributed by atoms with Crippen LogP contribution in [0.15, 0.2) is 30.3 Å². The predicted molar refractivity (Wildman–Crippen MR) is 91.6 cm³/mol. The first-order chi connectivity index (χ1) is 10.2. The van der Waals surface area contributed by atoms with Crippen molar-refractivity contribution in [2.75, 3.05) is 13.1 Å².